The molecule has 4 atom stereocenters. The fourth-order valence-electron chi connectivity index (χ4n) is 2.90. The minimum Gasteiger partial charge on any atom is -0.458 e. The van der Waals surface area contributed by atoms with Crippen LogP contribution in [0.2, 0.25) is 18.1 Å². The minimum atomic E-state index is -2.03. The van der Waals surface area contributed by atoms with Crippen LogP contribution in [0, 0.1) is 0 Å². The van der Waals surface area contributed by atoms with E-state index in [9.17, 15) is 4.79 Å². The number of rotatable bonds is 7. The molecule has 0 aromatic heterocycles. The molecule has 1 fully saturated rings. The molecule has 0 radical (unpaired) electrons. The van der Waals surface area contributed by atoms with Crippen LogP contribution in [0.5, 0.6) is 0 Å². The van der Waals surface area contributed by atoms with E-state index in [1.807, 2.05) is 37.3 Å². The van der Waals surface area contributed by atoms with E-state index < -0.39 is 26.7 Å². The molecule has 1 saturated heterocycles. The van der Waals surface area contributed by atoms with Gasteiger partial charge in [-0.2, -0.15) is 0 Å². The Kier molecular flexibility index (Phi) is 8.11. The Morgan fingerprint density at radius 2 is 1.89 bits per heavy atom. The summed E-state index contributed by atoms with van der Waals surface area (Å²) >= 11 is 5.66. The van der Waals surface area contributed by atoms with Gasteiger partial charge in [-0.15, -0.1) is 11.6 Å². The number of benzene rings is 1. The zero-order valence-electron chi connectivity index (χ0n) is 17.7. The van der Waals surface area contributed by atoms with Crippen molar-refractivity contribution in [1.29, 1.82) is 0 Å². The van der Waals surface area contributed by atoms with Crippen LogP contribution in [-0.4, -0.2) is 44.8 Å². The molecule has 1 aliphatic rings. The van der Waals surface area contributed by atoms with E-state index >= 15 is 0 Å². The van der Waals surface area contributed by atoms with Crippen LogP contribution in [0.15, 0.2) is 30.3 Å². The molecule has 0 spiro atoms. The number of alkyl halides is 1. The van der Waals surface area contributed by atoms with E-state index in [1.165, 1.54) is 0 Å². The third-order valence-electron chi connectivity index (χ3n) is 5.53. The molecule has 0 N–H and O–H groups in total. The maximum absolute atomic E-state index is 11.9. The van der Waals surface area contributed by atoms with Crippen molar-refractivity contribution >= 4 is 25.9 Å². The summed E-state index contributed by atoms with van der Waals surface area (Å²) < 4.78 is 24.2. The molecule has 1 aromatic carbocycles. The Balaban J connectivity index is 2.09. The molecular formula is C21H33ClO5Si. The average Bonchev–Trinajstić information content (AvgIpc) is 2.60. The van der Waals surface area contributed by atoms with Gasteiger partial charge in [0.25, 0.3) is 0 Å². The molecule has 0 amide bonds. The Morgan fingerprint density at radius 3 is 2.46 bits per heavy atom. The summed E-state index contributed by atoms with van der Waals surface area (Å²) in [4.78, 5) is 11.9. The number of carbonyl (C=O) groups excluding carboxylic acids is 1. The van der Waals surface area contributed by atoms with Crippen molar-refractivity contribution in [3.05, 3.63) is 35.9 Å². The number of hydrogen-bond acceptors (Lipinski definition) is 5. The van der Waals surface area contributed by atoms with E-state index in [2.05, 4.69) is 33.9 Å². The van der Waals surface area contributed by atoms with Crippen LogP contribution in [0.1, 0.15) is 39.7 Å². The van der Waals surface area contributed by atoms with Crippen molar-refractivity contribution < 1.29 is 23.4 Å². The number of hydrogen-bond donors (Lipinski definition) is 0. The van der Waals surface area contributed by atoms with Crippen molar-refractivity contribution in [1.82, 2.24) is 0 Å². The van der Waals surface area contributed by atoms with Crippen LogP contribution < -0.4 is 0 Å². The van der Waals surface area contributed by atoms with Crippen molar-refractivity contribution in [2.75, 3.05) is 5.88 Å². The summed E-state index contributed by atoms with van der Waals surface area (Å²) in [7, 11) is -2.03. The van der Waals surface area contributed by atoms with Gasteiger partial charge in [0.05, 0.1) is 12.7 Å². The van der Waals surface area contributed by atoms with Gasteiger partial charge in [-0.3, -0.25) is 4.79 Å². The summed E-state index contributed by atoms with van der Waals surface area (Å²) in [5.41, 5.74) is 1.05. The van der Waals surface area contributed by atoms with Crippen LogP contribution >= 0.6 is 11.6 Å². The lowest BCUT2D eigenvalue weighted by molar-refractivity contribution is -0.241. The molecule has 0 saturated carbocycles. The van der Waals surface area contributed by atoms with Gasteiger partial charge < -0.3 is 18.6 Å². The van der Waals surface area contributed by atoms with E-state index in [0.29, 0.717) is 13.0 Å². The topological polar surface area (TPSA) is 54.0 Å². The highest BCUT2D eigenvalue weighted by Gasteiger charge is 2.45. The van der Waals surface area contributed by atoms with E-state index in [4.69, 9.17) is 30.2 Å². The number of ether oxygens (including phenoxy) is 3. The molecule has 0 bridgehead atoms. The molecule has 1 aliphatic heterocycles. The standard InChI is InChI=1S/C21H33ClO5Si/c1-15-20(24-14-16-10-8-7-9-11-16)17(26-18(23)13-22)12-19(25-15)27-28(5,6)21(2,3)4/h7-11,15,17,19-20H,12-14H2,1-6H3. The SMILES string of the molecule is CC1OC(O[Si](C)(C)C(C)(C)C)CC(OC(=O)CCl)C1OCc1ccccc1. The predicted molar refractivity (Wildman–Crippen MR) is 113 cm³/mol. The summed E-state index contributed by atoms with van der Waals surface area (Å²) in [6.45, 7) is 13.3. The van der Waals surface area contributed by atoms with Crippen molar-refractivity contribution in [2.45, 2.75) is 83.5 Å². The number of halogens is 1. The van der Waals surface area contributed by atoms with Gasteiger partial charge in [0, 0.05) is 6.42 Å². The molecule has 158 valence electrons. The first-order chi connectivity index (χ1) is 13.0. The normalized spacial score (nSPS) is 26.1. The van der Waals surface area contributed by atoms with Crippen molar-refractivity contribution in [3.63, 3.8) is 0 Å². The molecule has 5 nitrogen and oxygen atoms in total. The van der Waals surface area contributed by atoms with Gasteiger partial charge in [-0.25, -0.2) is 0 Å². The smallest absolute Gasteiger partial charge is 0.321 e. The first-order valence-corrected chi connectivity index (χ1v) is 13.2. The van der Waals surface area contributed by atoms with Gasteiger partial charge in [-0.05, 0) is 30.6 Å². The van der Waals surface area contributed by atoms with Crippen molar-refractivity contribution in [3.8, 4) is 0 Å². The monoisotopic (exact) mass is 428 g/mol. The van der Waals surface area contributed by atoms with E-state index in [1.54, 1.807) is 0 Å². The third-order valence-corrected chi connectivity index (χ3v) is 10.2. The second-order valence-corrected chi connectivity index (χ2v) is 13.8. The first kappa shape index (κ1) is 23.4. The highest BCUT2D eigenvalue weighted by atomic mass is 35.5. The first-order valence-electron chi connectivity index (χ1n) is 9.78. The zero-order chi connectivity index (χ0) is 20.9. The second kappa shape index (κ2) is 9.72. The Bertz CT molecular complexity index is 631. The maximum atomic E-state index is 11.9. The van der Waals surface area contributed by atoms with Crippen LogP contribution in [0.4, 0.5) is 0 Å². The summed E-state index contributed by atoms with van der Waals surface area (Å²) in [5.74, 6) is -0.648. The largest absolute Gasteiger partial charge is 0.458 e. The summed E-state index contributed by atoms with van der Waals surface area (Å²) in [5, 5.41) is 0.0581. The molecule has 7 heteroatoms. The van der Waals surface area contributed by atoms with Gasteiger partial charge in [0.15, 0.2) is 14.6 Å². The minimum absolute atomic E-state index is 0.0581. The third kappa shape index (κ3) is 6.29. The molecule has 2 rings (SSSR count). The molecular weight excluding hydrogens is 396 g/mol. The maximum Gasteiger partial charge on any atom is 0.321 e. The zero-order valence-corrected chi connectivity index (χ0v) is 19.5. The summed E-state index contributed by atoms with van der Waals surface area (Å²) in [6.07, 6.45) is -1.13. The Hall–Kier alpha value is -0.923. The summed E-state index contributed by atoms with van der Waals surface area (Å²) in [6, 6.07) is 9.89. The predicted octanol–water partition coefficient (Wildman–Crippen LogP) is 4.88. The second-order valence-electron chi connectivity index (χ2n) is 8.81. The fraction of sp³-hybridized carbons (Fsp3) is 0.667. The molecule has 1 heterocycles. The quantitative estimate of drug-likeness (QED) is 0.352. The Labute approximate surface area is 174 Å². The molecule has 1 aromatic rings. The molecule has 28 heavy (non-hydrogen) atoms. The van der Waals surface area contributed by atoms with Crippen LogP contribution in [-0.2, 0) is 30.0 Å². The lowest BCUT2D eigenvalue weighted by Gasteiger charge is -2.44. The molecule has 0 aliphatic carbocycles. The van der Waals surface area contributed by atoms with E-state index in [-0.39, 0.29) is 23.1 Å². The number of carbonyl (C=O) groups is 1. The van der Waals surface area contributed by atoms with Crippen LogP contribution in [0.3, 0.4) is 0 Å². The van der Waals surface area contributed by atoms with Crippen molar-refractivity contribution in [2.24, 2.45) is 0 Å². The van der Waals surface area contributed by atoms with Gasteiger partial charge in [0.2, 0.25) is 0 Å². The highest BCUT2D eigenvalue weighted by molar-refractivity contribution is 6.74. The lowest BCUT2D eigenvalue weighted by Crippen LogP contribution is -2.54. The van der Waals surface area contributed by atoms with Gasteiger partial charge in [0.1, 0.15) is 18.1 Å². The lowest BCUT2D eigenvalue weighted by atomic mass is 10.0. The van der Waals surface area contributed by atoms with Gasteiger partial charge >= 0.3 is 5.97 Å². The van der Waals surface area contributed by atoms with E-state index in [0.717, 1.165) is 5.56 Å². The van der Waals surface area contributed by atoms with Gasteiger partial charge in [-0.1, -0.05) is 51.1 Å². The Morgan fingerprint density at radius 1 is 1.25 bits per heavy atom. The fourth-order valence-corrected chi connectivity index (χ4v) is 4.13. The average molecular weight is 429 g/mol. The number of esters is 1. The highest BCUT2D eigenvalue weighted by Crippen LogP contribution is 2.39. The molecule has 4 unspecified atom stereocenters. The van der Waals surface area contributed by atoms with Crippen LogP contribution in [0.25, 0.3) is 0 Å².